The Hall–Kier alpha value is -2.53. The normalized spacial score (nSPS) is 16.8. The smallest absolute Gasteiger partial charge is 0.407 e. The molecule has 1 saturated heterocycles. The third-order valence-electron chi connectivity index (χ3n) is 4.15. The number of nitrogens with one attached hydrogen (secondary N) is 2. The van der Waals surface area contributed by atoms with Gasteiger partial charge in [-0.15, -0.1) is 0 Å². The van der Waals surface area contributed by atoms with E-state index in [4.69, 9.17) is 21.6 Å². The van der Waals surface area contributed by atoms with Crippen LogP contribution in [0.2, 0.25) is 5.02 Å². The fraction of sp³-hybridized carbons (Fsp3) is 0.579. The van der Waals surface area contributed by atoms with Gasteiger partial charge in [-0.3, -0.25) is 4.79 Å². The lowest BCUT2D eigenvalue weighted by molar-refractivity contribution is -0.125. The van der Waals surface area contributed by atoms with Gasteiger partial charge in [-0.2, -0.15) is 5.26 Å². The molecular formula is C19H26ClN5O3. The SMILES string of the molecule is CC(C)(C)OC(=O)NCCNC(=O)C1CCCN(c2ccc(Cl)c(C#N)n2)C1. The molecule has 2 heterocycles. The van der Waals surface area contributed by atoms with Gasteiger partial charge in [0.25, 0.3) is 0 Å². The van der Waals surface area contributed by atoms with Crippen molar-refractivity contribution in [2.75, 3.05) is 31.1 Å². The van der Waals surface area contributed by atoms with Crippen LogP contribution in [-0.2, 0) is 9.53 Å². The Kier molecular flexibility index (Phi) is 7.46. The maximum Gasteiger partial charge on any atom is 0.407 e. The molecule has 1 aliphatic rings. The number of piperidine rings is 1. The number of ether oxygens (including phenoxy) is 1. The Bertz CT molecular complexity index is 757. The summed E-state index contributed by atoms with van der Waals surface area (Å²) in [5.41, 5.74) is -0.376. The van der Waals surface area contributed by atoms with Crippen molar-refractivity contribution in [1.29, 1.82) is 5.26 Å². The minimum Gasteiger partial charge on any atom is -0.444 e. The molecule has 1 aromatic rings. The van der Waals surface area contributed by atoms with E-state index in [0.717, 1.165) is 19.4 Å². The summed E-state index contributed by atoms with van der Waals surface area (Å²) in [6.07, 6.45) is 1.12. The van der Waals surface area contributed by atoms with Crippen LogP contribution < -0.4 is 15.5 Å². The van der Waals surface area contributed by atoms with E-state index in [-0.39, 0.29) is 17.5 Å². The van der Waals surface area contributed by atoms with E-state index in [0.29, 0.717) is 30.5 Å². The number of pyridine rings is 1. The highest BCUT2D eigenvalue weighted by Crippen LogP contribution is 2.24. The van der Waals surface area contributed by atoms with Gasteiger partial charge in [0, 0.05) is 26.2 Å². The first-order valence-electron chi connectivity index (χ1n) is 9.26. The third kappa shape index (κ3) is 6.57. The van der Waals surface area contributed by atoms with Gasteiger partial charge in [0.15, 0.2) is 5.69 Å². The molecule has 0 aliphatic carbocycles. The van der Waals surface area contributed by atoms with Crippen molar-refractivity contribution in [3.05, 3.63) is 22.8 Å². The predicted molar refractivity (Wildman–Crippen MR) is 106 cm³/mol. The molecule has 1 unspecified atom stereocenters. The van der Waals surface area contributed by atoms with Crippen LogP contribution >= 0.6 is 11.6 Å². The van der Waals surface area contributed by atoms with E-state index in [1.54, 1.807) is 32.9 Å². The van der Waals surface area contributed by atoms with Crippen molar-refractivity contribution in [2.45, 2.75) is 39.2 Å². The second-order valence-electron chi connectivity index (χ2n) is 7.62. The number of amides is 2. The molecule has 2 rings (SSSR count). The molecule has 0 radical (unpaired) electrons. The average molecular weight is 408 g/mol. The number of anilines is 1. The largest absolute Gasteiger partial charge is 0.444 e. The van der Waals surface area contributed by atoms with Crippen LogP contribution in [0, 0.1) is 17.2 Å². The van der Waals surface area contributed by atoms with Gasteiger partial charge in [-0.05, 0) is 45.7 Å². The van der Waals surface area contributed by atoms with E-state index in [9.17, 15) is 9.59 Å². The molecule has 1 aromatic heterocycles. The molecule has 1 fully saturated rings. The molecule has 1 aliphatic heterocycles. The first-order chi connectivity index (χ1) is 13.2. The number of hydrogen-bond donors (Lipinski definition) is 2. The molecule has 2 N–H and O–H groups in total. The predicted octanol–water partition coefficient (Wildman–Crippen LogP) is 2.46. The summed E-state index contributed by atoms with van der Waals surface area (Å²) in [6, 6.07) is 5.38. The van der Waals surface area contributed by atoms with E-state index in [1.165, 1.54) is 0 Å². The van der Waals surface area contributed by atoms with Crippen LogP contribution in [0.3, 0.4) is 0 Å². The van der Waals surface area contributed by atoms with E-state index < -0.39 is 11.7 Å². The number of rotatable bonds is 5. The van der Waals surface area contributed by atoms with Gasteiger partial charge in [-0.1, -0.05) is 11.6 Å². The first kappa shape index (κ1) is 21.8. The van der Waals surface area contributed by atoms with Crippen LogP contribution in [0.4, 0.5) is 10.6 Å². The Morgan fingerprint density at radius 3 is 2.75 bits per heavy atom. The highest BCUT2D eigenvalue weighted by molar-refractivity contribution is 6.31. The van der Waals surface area contributed by atoms with Gasteiger partial charge in [0.1, 0.15) is 17.5 Å². The van der Waals surface area contributed by atoms with Gasteiger partial charge >= 0.3 is 6.09 Å². The number of hydrogen-bond acceptors (Lipinski definition) is 6. The van der Waals surface area contributed by atoms with E-state index in [2.05, 4.69) is 15.6 Å². The molecule has 9 heteroatoms. The van der Waals surface area contributed by atoms with Crippen LogP contribution in [0.1, 0.15) is 39.3 Å². The molecule has 0 saturated carbocycles. The van der Waals surface area contributed by atoms with Crippen LogP contribution in [-0.4, -0.2) is 48.8 Å². The monoisotopic (exact) mass is 407 g/mol. The lowest BCUT2D eigenvalue weighted by atomic mass is 9.97. The van der Waals surface area contributed by atoms with Crippen molar-refractivity contribution in [2.24, 2.45) is 5.92 Å². The second kappa shape index (κ2) is 9.60. The summed E-state index contributed by atoms with van der Waals surface area (Å²) in [5.74, 6) is 0.397. The molecule has 0 bridgehead atoms. The Morgan fingerprint density at radius 1 is 1.36 bits per heavy atom. The fourth-order valence-corrected chi connectivity index (χ4v) is 3.04. The van der Waals surface area contributed by atoms with E-state index >= 15 is 0 Å². The van der Waals surface area contributed by atoms with Gasteiger partial charge < -0.3 is 20.3 Å². The fourth-order valence-electron chi connectivity index (χ4n) is 2.89. The minimum absolute atomic E-state index is 0.0647. The number of nitrogens with zero attached hydrogens (tertiary/aromatic N) is 3. The van der Waals surface area contributed by atoms with Crippen molar-refractivity contribution in [3.8, 4) is 6.07 Å². The molecule has 0 aromatic carbocycles. The highest BCUT2D eigenvalue weighted by atomic mass is 35.5. The average Bonchev–Trinajstić information content (AvgIpc) is 2.64. The van der Waals surface area contributed by atoms with Crippen molar-refractivity contribution in [1.82, 2.24) is 15.6 Å². The number of halogens is 1. The van der Waals surface area contributed by atoms with Crippen molar-refractivity contribution in [3.63, 3.8) is 0 Å². The first-order valence-corrected chi connectivity index (χ1v) is 9.63. The number of carbonyl (C=O) groups excluding carboxylic acids is 2. The van der Waals surface area contributed by atoms with E-state index in [1.807, 2.05) is 11.0 Å². The summed E-state index contributed by atoms with van der Waals surface area (Å²) in [4.78, 5) is 30.3. The lowest BCUT2D eigenvalue weighted by Crippen LogP contribution is -2.45. The molecule has 1 atom stereocenters. The van der Waals surface area contributed by atoms with Crippen molar-refractivity contribution >= 4 is 29.4 Å². The summed E-state index contributed by atoms with van der Waals surface area (Å²) >= 11 is 5.94. The topological polar surface area (TPSA) is 107 Å². The zero-order valence-electron chi connectivity index (χ0n) is 16.4. The summed E-state index contributed by atoms with van der Waals surface area (Å²) in [6.45, 7) is 7.27. The van der Waals surface area contributed by atoms with Gasteiger partial charge in [0.05, 0.1) is 10.9 Å². The van der Waals surface area contributed by atoms with Crippen LogP contribution in [0.5, 0.6) is 0 Å². The summed E-state index contributed by atoms with van der Waals surface area (Å²) in [5, 5.41) is 14.9. The molecular weight excluding hydrogens is 382 g/mol. The Morgan fingerprint density at radius 2 is 2.07 bits per heavy atom. The van der Waals surface area contributed by atoms with Crippen LogP contribution in [0.15, 0.2) is 12.1 Å². The maximum atomic E-state index is 12.5. The third-order valence-corrected chi connectivity index (χ3v) is 4.45. The van der Waals surface area contributed by atoms with Gasteiger partial charge in [-0.25, -0.2) is 9.78 Å². The number of aromatic nitrogens is 1. The van der Waals surface area contributed by atoms with Crippen molar-refractivity contribution < 1.29 is 14.3 Å². The van der Waals surface area contributed by atoms with Gasteiger partial charge in [0.2, 0.25) is 5.91 Å². The summed E-state index contributed by atoms with van der Waals surface area (Å²) in [7, 11) is 0. The number of alkyl carbamates (subject to hydrolysis) is 1. The maximum absolute atomic E-state index is 12.5. The Balaban J connectivity index is 1.81. The minimum atomic E-state index is -0.556. The highest BCUT2D eigenvalue weighted by Gasteiger charge is 2.26. The molecule has 152 valence electrons. The Labute approximate surface area is 170 Å². The zero-order chi connectivity index (χ0) is 20.7. The second-order valence-corrected chi connectivity index (χ2v) is 8.02. The molecule has 2 amide bonds. The quantitative estimate of drug-likeness (QED) is 0.726. The zero-order valence-corrected chi connectivity index (χ0v) is 17.2. The number of nitriles is 1. The molecule has 8 nitrogen and oxygen atoms in total. The summed E-state index contributed by atoms with van der Waals surface area (Å²) < 4.78 is 5.14. The lowest BCUT2D eigenvalue weighted by Gasteiger charge is -2.33. The number of carbonyl (C=O) groups is 2. The molecule has 28 heavy (non-hydrogen) atoms. The standard InChI is InChI=1S/C19H26ClN5O3/c1-19(2,3)28-18(27)23-9-8-22-17(26)13-5-4-10-25(12-13)16-7-6-14(20)15(11-21)24-16/h6-7,13H,4-5,8-10,12H2,1-3H3,(H,22,26)(H,23,27). The molecule has 0 spiro atoms. The van der Waals surface area contributed by atoms with Crippen LogP contribution in [0.25, 0.3) is 0 Å².